The molecule has 2 aliphatic rings. The van der Waals surface area contributed by atoms with Crippen LogP contribution < -0.4 is 15.5 Å². The molecule has 3 heterocycles. The van der Waals surface area contributed by atoms with Crippen molar-refractivity contribution >= 4 is 23.3 Å². The van der Waals surface area contributed by atoms with E-state index in [9.17, 15) is 9.59 Å². The Hall–Kier alpha value is -2.97. The van der Waals surface area contributed by atoms with Crippen molar-refractivity contribution in [1.82, 2.24) is 24.8 Å². The molecule has 9 nitrogen and oxygen atoms in total. The summed E-state index contributed by atoms with van der Waals surface area (Å²) in [6.45, 7) is 2.02. The van der Waals surface area contributed by atoms with Gasteiger partial charge in [-0.1, -0.05) is 19.8 Å². The van der Waals surface area contributed by atoms with Gasteiger partial charge in [0, 0.05) is 19.3 Å². The zero-order valence-electron chi connectivity index (χ0n) is 15.5. The first kappa shape index (κ1) is 17.4. The number of fused-ring (bicyclic) bond motifs is 1. The van der Waals surface area contributed by atoms with Crippen LogP contribution in [-0.4, -0.2) is 50.5 Å². The summed E-state index contributed by atoms with van der Waals surface area (Å²) in [6.07, 6.45) is 9.93. The summed E-state index contributed by atoms with van der Waals surface area (Å²) in [7, 11) is 1.56. The van der Waals surface area contributed by atoms with Gasteiger partial charge in [-0.3, -0.25) is 14.2 Å². The second-order valence-corrected chi connectivity index (χ2v) is 6.91. The summed E-state index contributed by atoms with van der Waals surface area (Å²) >= 11 is 0. The highest BCUT2D eigenvalue weighted by atomic mass is 16.2. The normalized spacial score (nSPS) is 19.7. The predicted octanol–water partition coefficient (Wildman–Crippen LogP) is 1.50. The maximum absolute atomic E-state index is 12.6. The van der Waals surface area contributed by atoms with Crippen LogP contribution in [0.1, 0.15) is 49.5 Å². The molecule has 0 saturated heterocycles. The first-order chi connectivity index (χ1) is 13.1. The van der Waals surface area contributed by atoms with Crippen molar-refractivity contribution in [1.29, 1.82) is 0 Å². The monoisotopic (exact) mass is 369 g/mol. The first-order valence-corrected chi connectivity index (χ1v) is 9.35. The van der Waals surface area contributed by atoms with Gasteiger partial charge in [0.2, 0.25) is 11.9 Å². The van der Waals surface area contributed by atoms with E-state index in [0.29, 0.717) is 29.8 Å². The number of anilines is 2. The molecule has 9 heteroatoms. The fraction of sp³-hybridized carbons (Fsp3) is 0.500. The third-order valence-electron chi connectivity index (χ3n) is 5.27. The topological polar surface area (TPSA) is 105 Å². The Morgan fingerprint density at radius 2 is 2.11 bits per heavy atom. The van der Waals surface area contributed by atoms with Crippen LogP contribution in [0.15, 0.2) is 18.7 Å². The van der Waals surface area contributed by atoms with Gasteiger partial charge in [0.25, 0.3) is 5.91 Å². The molecule has 4 rings (SSSR count). The lowest BCUT2D eigenvalue weighted by Crippen LogP contribution is -2.52. The molecule has 1 fully saturated rings. The molecule has 0 bridgehead atoms. The van der Waals surface area contributed by atoms with E-state index in [-0.39, 0.29) is 17.9 Å². The van der Waals surface area contributed by atoms with E-state index in [0.717, 1.165) is 18.7 Å². The van der Waals surface area contributed by atoms with Crippen molar-refractivity contribution in [2.45, 2.75) is 51.1 Å². The molecule has 2 N–H and O–H groups in total. The number of carbonyl (C=O) groups is 2. The van der Waals surface area contributed by atoms with E-state index in [1.807, 2.05) is 6.92 Å². The van der Waals surface area contributed by atoms with Crippen LogP contribution in [0.3, 0.4) is 0 Å². The molecule has 2 amide bonds. The number of hydrogen-bond donors (Lipinski definition) is 2. The molecule has 0 radical (unpaired) electrons. The Kier molecular flexibility index (Phi) is 4.51. The quantitative estimate of drug-likeness (QED) is 0.846. The number of amides is 2. The third-order valence-corrected chi connectivity index (χ3v) is 5.27. The molecule has 1 aliphatic carbocycles. The minimum absolute atomic E-state index is 0.00205. The minimum Gasteiger partial charge on any atom is -0.354 e. The molecule has 1 aliphatic heterocycles. The van der Waals surface area contributed by atoms with E-state index in [4.69, 9.17) is 4.98 Å². The van der Waals surface area contributed by atoms with Crippen LogP contribution in [0.2, 0.25) is 0 Å². The second kappa shape index (κ2) is 6.98. The van der Waals surface area contributed by atoms with E-state index in [1.54, 1.807) is 24.0 Å². The average molecular weight is 369 g/mol. The lowest BCUT2D eigenvalue weighted by molar-refractivity contribution is -0.117. The summed E-state index contributed by atoms with van der Waals surface area (Å²) in [5.41, 5.74) is 0.929. The Morgan fingerprint density at radius 1 is 1.33 bits per heavy atom. The van der Waals surface area contributed by atoms with Crippen LogP contribution in [0, 0.1) is 0 Å². The molecular formula is C18H23N7O2. The fourth-order valence-electron chi connectivity index (χ4n) is 3.93. The Balaban J connectivity index is 1.74. The largest absolute Gasteiger partial charge is 0.354 e. The summed E-state index contributed by atoms with van der Waals surface area (Å²) in [5.74, 6) is 0.898. The minimum atomic E-state index is -0.266. The maximum atomic E-state index is 12.6. The summed E-state index contributed by atoms with van der Waals surface area (Å²) in [5, 5.41) is 5.48. The molecule has 1 saturated carbocycles. The molecule has 2 aromatic heterocycles. The summed E-state index contributed by atoms with van der Waals surface area (Å²) in [4.78, 5) is 39.7. The maximum Gasteiger partial charge on any atom is 0.271 e. The van der Waals surface area contributed by atoms with E-state index in [2.05, 4.69) is 25.5 Å². The van der Waals surface area contributed by atoms with Gasteiger partial charge in [0.15, 0.2) is 5.82 Å². The number of aromatic nitrogens is 4. The number of carbonyl (C=O) groups excluding carboxylic acids is 2. The number of nitrogens with zero attached hydrogens (tertiary/aromatic N) is 5. The molecule has 1 atom stereocenters. The van der Waals surface area contributed by atoms with Crippen LogP contribution in [0.25, 0.3) is 5.95 Å². The van der Waals surface area contributed by atoms with Crippen LogP contribution >= 0.6 is 0 Å². The van der Waals surface area contributed by atoms with E-state index >= 15 is 0 Å². The summed E-state index contributed by atoms with van der Waals surface area (Å²) in [6, 6.07) is 0.0827. The number of nitrogens with one attached hydrogen (secondary N) is 2. The highest BCUT2D eigenvalue weighted by Crippen LogP contribution is 2.37. The SMILES string of the molecule is CC[C@@H]1C(=O)Nc2cnc(-n3cnc(C(=O)NC)c3)nc2N1C1CCCC1. The lowest BCUT2D eigenvalue weighted by Gasteiger charge is -2.40. The van der Waals surface area contributed by atoms with Gasteiger partial charge in [0.1, 0.15) is 23.8 Å². The Morgan fingerprint density at radius 3 is 2.81 bits per heavy atom. The van der Waals surface area contributed by atoms with Gasteiger partial charge < -0.3 is 15.5 Å². The predicted molar refractivity (Wildman–Crippen MR) is 100.0 cm³/mol. The molecular weight excluding hydrogens is 346 g/mol. The highest BCUT2D eigenvalue weighted by molar-refractivity contribution is 6.02. The van der Waals surface area contributed by atoms with Gasteiger partial charge >= 0.3 is 0 Å². The van der Waals surface area contributed by atoms with Gasteiger partial charge in [-0.2, -0.15) is 4.98 Å². The lowest BCUT2D eigenvalue weighted by atomic mass is 10.0. The second-order valence-electron chi connectivity index (χ2n) is 6.91. The molecule has 0 spiro atoms. The number of imidazole rings is 1. The van der Waals surface area contributed by atoms with Gasteiger partial charge in [-0.15, -0.1) is 0 Å². The number of hydrogen-bond acceptors (Lipinski definition) is 6. The Labute approximate surface area is 157 Å². The smallest absolute Gasteiger partial charge is 0.271 e. The zero-order chi connectivity index (χ0) is 19.0. The van der Waals surface area contributed by atoms with Crippen molar-refractivity contribution in [2.75, 3.05) is 17.3 Å². The van der Waals surface area contributed by atoms with Gasteiger partial charge in [-0.05, 0) is 19.3 Å². The molecule has 2 aromatic rings. The number of rotatable bonds is 4. The van der Waals surface area contributed by atoms with Gasteiger partial charge in [0.05, 0.1) is 6.20 Å². The molecule has 0 aromatic carbocycles. The average Bonchev–Trinajstić information content (AvgIpc) is 3.38. The zero-order valence-corrected chi connectivity index (χ0v) is 15.5. The van der Waals surface area contributed by atoms with Crippen LogP contribution in [0.4, 0.5) is 11.5 Å². The molecule has 142 valence electrons. The molecule has 27 heavy (non-hydrogen) atoms. The Bertz CT molecular complexity index is 872. The first-order valence-electron chi connectivity index (χ1n) is 9.35. The van der Waals surface area contributed by atoms with Crippen molar-refractivity contribution in [2.24, 2.45) is 0 Å². The highest BCUT2D eigenvalue weighted by Gasteiger charge is 2.38. The van der Waals surface area contributed by atoms with E-state index in [1.165, 1.54) is 19.2 Å². The van der Waals surface area contributed by atoms with Crippen molar-refractivity contribution < 1.29 is 9.59 Å². The van der Waals surface area contributed by atoms with Crippen molar-refractivity contribution in [3.8, 4) is 5.95 Å². The summed E-state index contributed by atoms with van der Waals surface area (Å²) < 4.78 is 1.62. The van der Waals surface area contributed by atoms with Gasteiger partial charge in [-0.25, -0.2) is 9.97 Å². The fourth-order valence-corrected chi connectivity index (χ4v) is 3.93. The third kappa shape index (κ3) is 3.02. The van der Waals surface area contributed by atoms with Crippen molar-refractivity contribution in [3.63, 3.8) is 0 Å². The van der Waals surface area contributed by atoms with Crippen LogP contribution in [-0.2, 0) is 4.79 Å². The standard InChI is InChI=1S/C18H23N7O2/c1-3-14-17(27)22-12-8-20-18(24-9-13(21-10-24)16(26)19-2)23-15(12)25(14)11-6-4-5-7-11/h8-11,14H,3-7H2,1-2H3,(H,19,26)(H,22,27)/t14-/m1/s1. The van der Waals surface area contributed by atoms with Crippen molar-refractivity contribution in [3.05, 3.63) is 24.4 Å². The molecule has 0 unspecified atom stereocenters. The van der Waals surface area contributed by atoms with E-state index < -0.39 is 0 Å². The van der Waals surface area contributed by atoms with Crippen LogP contribution in [0.5, 0.6) is 0 Å².